The number of aromatic nitrogens is 3. The topological polar surface area (TPSA) is 69.0 Å². The van der Waals surface area contributed by atoms with Gasteiger partial charge in [-0.1, -0.05) is 23.9 Å². The summed E-state index contributed by atoms with van der Waals surface area (Å²) in [6.07, 6.45) is 2.38. The summed E-state index contributed by atoms with van der Waals surface area (Å²) in [6, 6.07) is 7.67. The van der Waals surface area contributed by atoms with E-state index in [2.05, 4.69) is 15.5 Å². The first-order chi connectivity index (χ1) is 11.6. The lowest BCUT2D eigenvalue weighted by Crippen LogP contribution is -2.30. The van der Waals surface area contributed by atoms with Gasteiger partial charge in [0.2, 0.25) is 5.91 Å². The van der Waals surface area contributed by atoms with Crippen LogP contribution in [0.3, 0.4) is 0 Å². The number of nitrogens with zero attached hydrogens (tertiary/aromatic N) is 3. The average molecular weight is 346 g/mol. The van der Waals surface area contributed by atoms with Gasteiger partial charge in [-0.2, -0.15) is 0 Å². The van der Waals surface area contributed by atoms with Crippen molar-refractivity contribution >= 4 is 17.7 Å². The summed E-state index contributed by atoms with van der Waals surface area (Å²) >= 11 is 1.44. The number of hydrogen-bond donors (Lipinski definition) is 1. The molecule has 0 unspecified atom stereocenters. The third kappa shape index (κ3) is 3.90. The number of benzene rings is 1. The van der Waals surface area contributed by atoms with Gasteiger partial charge in [-0.3, -0.25) is 4.79 Å². The first-order valence-electron chi connectivity index (χ1n) is 8.05. The fourth-order valence-electron chi connectivity index (χ4n) is 2.41. The van der Waals surface area contributed by atoms with E-state index in [1.54, 1.807) is 7.11 Å². The number of rotatable bonds is 7. The molecule has 0 radical (unpaired) electrons. The summed E-state index contributed by atoms with van der Waals surface area (Å²) in [5, 5.41) is 12.0. The Kier molecular flexibility index (Phi) is 5.08. The van der Waals surface area contributed by atoms with Gasteiger partial charge in [0.05, 0.1) is 12.4 Å². The number of amides is 1. The molecule has 1 aliphatic carbocycles. The molecule has 1 saturated carbocycles. The van der Waals surface area contributed by atoms with Crippen molar-refractivity contribution in [2.45, 2.75) is 42.6 Å². The van der Waals surface area contributed by atoms with E-state index in [0.29, 0.717) is 12.5 Å². The van der Waals surface area contributed by atoms with Gasteiger partial charge in [-0.15, -0.1) is 10.2 Å². The summed E-state index contributed by atoms with van der Waals surface area (Å²) in [5.74, 6) is 2.38. The first-order valence-corrected chi connectivity index (χ1v) is 8.93. The highest BCUT2D eigenvalue weighted by Gasteiger charge is 2.30. The van der Waals surface area contributed by atoms with Crippen LogP contribution in [0.25, 0.3) is 0 Å². The number of hydrogen-bond acceptors (Lipinski definition) is 5. The van der Waals surface area contributed by atoms with Crippen LogP contribution in [0.5, 0.6) is 5.75 Å². The monoisotopic (exact) mass is 346 g/mol. The second-order valence-electron chi connectivity index (χ2n) is 6.00. The molecule has 2 aromatic rings. The Hall–Kier alpha value is -2.02. The van der Waals surface area contributed by atoms with Gasteiger partial charge >= 0.3 is 0 Å². The Balaban J connectivity index is 1.52. The molecule has 3 rings (SSSR count). The maximum atomic E-state index is 12.3. The van der Waals surface area contributed by atoms with Gasteiger partial charge in [-0.05, 0) is 37.5 Å². The summed E-state index contributed by atoms with van der Waals surface area (Å²) in [7, 11) is 3.61. The Labute approximate surface area is 146 Å². The molecule has 1 atom stereocenters. The molecule has 1 fully saturated rings. The molecule has 1 aromatic heterocycles. The van der Waals surface area contributed by atoms with Crippen LogP contribution < -0.4 is 10.1 Å². The third-order valence-electron chi connectivity index (χ3n) is 4.09. The van der Waals surface area contributed by atoms with Crippen LogP contribution in [-0.4, -0.2) is 33.0 Å². The number of ether oxygens (including phenoxy) is 1. The minimum Gasteiger partial charge on any atom is -0.497 e. The smallest absolute Gasteiger partial charge is 0.233 e. The summed E-state index contributed by atoms with van der Waals surface area (Å²) in [6.45, 7) is 2.39. The van der Waals surface area contributed by atoms with Gasteiger partial charge in [0, 0.05) is 19.5 Å². The van der Waals surface area contributed by atoms with Gasteiger partial charge in [0.25, 0.3) is 0 Å². The van der Waals surface area contributed by atoms with Gasteiger partial charge in [0.15, 0.2) is 5.16 Å². The van der Waals surface area contributed by atoms with Crippen LogP contribution in [0.2, 0.25) is 0 Å². The quantitative estimate of drug-likeness (QED) is 0.780. The molecule has 1 N–H and O–H groups in total. The molecule has 24 heavy (non-hydrogen) atoms. The fourth-order valence-corrected chi connectivity index (χ4v) is 3.26. The van der Waals surface area contributed by atoms with E-state index < -0.39 is 0 Å². The Morgan fingerprint density at radius 3 is 2.71 bits per heavy atom. The van der Waals surface area contributed by atoms with Gasteiger partial charge in [-0.25, -0.2) is 0 Å². The summed E-state index contributed by atoms with van der Waals surface area (Å²) < 4.78 is 7.14. The van der Waals surface area contributed by atoms with E-state index in [-0.39, 0.29) is 11.2 Å². The largest absolute Gasteiger partial charge is 0.497 e. The standard InChI is InChI=1S/C17H22N4O2S/c1-11(24-17-20-19-15(21(17)2)13-6-7-13)16(22)18-10-12-4-8-14(23-3)9-5-12/h4-5,8-9,11,13H,6-7,10H2,1-3H3,(H,18,22)/t11-/m1/s1. The molecule has 1 amide bonds. The van der Waals surface area contributed by atoms with E-state index in [1.807, 2.05) is 42.8 Å². The van der Waals surface area contributed by atoms with E-state index in [1.165, 1.54) is 24.6 Å². The van der Waals surface area contributed by atoms with E-state index in [9.17, 15) is 4.79 Å². The molecular formula is C17H22N4O2S. The zero-order valence-corrected chi connectivity index (χ0v) is 15.0. The molecular weight excluding hydrogens is 324 g/mol. The van der Waals surface area contributed by atoms with Crippen LogP contribution in [0.1, 0.15) is 37.1 Å². The number of carbonyl (C=O) groups excluding carboxylic acids is 1. The number of carbonyl (C=O) groups is 1. The van der Waals surface area contributed by atoms with Crippen molar-refractivity contribution in [2.24, 2.45) is 7.05 Å². The molecule has 128 valence electrons. The molecule has 1 aliphatic rings. The molecule has 1 aromatic carbocycles. The second-order valence-corrected chi connectivity index (χ2v) is 7.31. The van der Waals surface area contributed by atoms with Crippen LogP contribution in [0, 0.1) is 0 Å². The average Bonchev–Trinajstić information content (AvgIpc) is 3.38. The second kappa shape index (κ2) is 7.25. The lowest BCUT2D eigenvalue weighted by molar-refractivity contribution is -0.120. The number of nitrogens with one attached hydrogen (secondary N) is 1. The number of methoxy groups -OCH3 is 1. The highest BCUT2D eigenvalue weighted by atomic mass is 32.2. The molecule has 1 heterocycles. The lowest BCUT2D eigenvalue weighted by Gasteiger charge is -2.12. The summed E-state index contributed by atoms with van der Waals surface area (Å²) in [5.41, 5.74) is 1.04. The van der Waals surface area contributed by atoms with Gasteiger partial charge < -0.3 is 14.6 Å². The molecule has 0 bridgehead atoms. The van der Waals surface area contributed by atoms with E-state index >= 15 is 0 Å². The minimum absolute atomic E-state index is 0.00760. The minimum atomic E-state index is -0.224. The van der Waals surface area contributed by atoms with Crippen molar-refractivity contribution in [3.63, 3.8) is 0 Å². The SMILES string of the molecule is COc1ccc(CNC(=O)[C@@H](C)Sc2nnc(C3CC3)n2C)cc1. The Morgan fingerprint density at radius 1 is 1.38 bits per heavy atom. The maximum absolute atomic E-state index is 12.3. The molecule has 6 nitrogen and oxygen atoms in total. The molecule has 0 saturated heterocycles. The normalized spacial score (nSPS) is 15.1. The molecule has 0 aliphatic heterocycles. The van der Waals surface area contributed by atoms with Crippen LogP contribution >= 0.6 is 11.8 Å². The summed E-state index contributed by atoms with van der Waals surface area (Å²) in [4.78, 5) is 12.3. The van der Waals surface area contributed by atoms with Crippen molar-refractivity contribution < 1.29 is 9.53 Å². The maximum Gasteiger partial charge on any atom is 0.233 e. The predicted octanol–water partition coefficient (Wildman–Crippen LogP) is 2.50. The van der Waals surface area contributed by atoms with Crippen LogP contribution in [-0.2, 0) is 18.4 Å². The Bertz CT molecular complexity index is 710. The first kappa shape index (κ1) is 16.8. The van der Waals surface area contributed by atoms with E-state index in [4.69, 9.17) is 4.74 Å². The third-order valence-corrected chi connectivity index (χ3v) is 5.22. The van der Waals surface area contributed by atoms with Crippen LogP contribution in [0.15, 0.2) is 29.4 Å². The van der Waals surface area contributed by atoms with Crippen molar-refractivity contribution in [2.75, 3.05) is 7.11 Å². The van der Waals surface area contributed by atoms with Gasteiger partial charge in [0.1, 0.15) is 11.6 Å². The van der Waals surface area contributed by atoms with Crippen molar-refractivity contribution in [1.29, 1.82) is 0 Å². The lowest BCUT2D eigenvalue weighted by atomic mass is 10.2. The number of thioether (sulfide) groups is 1. The molecule has 7 heteroatoms. The van der Waals surface area contributed by atoms with Crippen molar-refractivity contribution in [3.05, 3.63) is 35.7 Å². The van der Waals surface area contributed by atoms with Crippen molar-refractivity contribution in [3.8, 4) is 5.75 Å². The van der Waals surface area contributed by atoms with E-state index in [0.717, 1.165) is 22.3 Å². The zero-order chi connectivity index (χ0) is 17.1. The predicted molar refractivity (Wildman–Crippen MR) is 93.1 cm³/mol. The highest BCUT2D eigenvalue weighted by molar-refractivity contribution is 8.00. The molecule has 0 spiro atoms. The van der Waals surface area contributed by atoms with Crippen LogP contribution in [0.4, 0.5) is 0 Å². The Morgan fingerprint density at radius 2 is 2.08 bits per heavy atom. The zero-order valence-electron chi connectivity index (χ0n) is 14.2. The highest BCUT2D eigenvalue weighted by Crippen LogP contribution is 2.39. The fraction of sp³-hybridized carbons (Fsp3) is 0.471. The van der Waals surface area contributed by atoms with Crippen molar-refractivity contribution in [1.82, 2.24) is 20.1 Å².